The van der Waals surface area contributed by atoms with E-state index < -0.39 is 23.5 Å². The minimum absolute atomic E-state index is 0.149. The molecule has 2 atom stereocenters. The molecule has 0 saturated carbocycles. The molecule has 1 saturated heterocycles. The van der Waals surface area contributed by atoms with Gasteiger partial charge in [-0.1, -0.05) is 5.10 Å². The van der Waals surface area contributed by atoms with Crippen molar-refractivity contribution in [1.29, 1.82) is 0 Å². The van der Waals surface area contributed by atoms with Crippen molar-refractivity contribution in [2.24, 2.45) is 7.05 Å². The maximum atomic E-state index is 15.7. The second kappa shape index (κ2) is 11.7. The molecule has 12 heteroatoms. The van der Waals surface area contributed by atoms with Crippen molar-refractivity contribution in [3.63, 3.8) is 0 Å². The van der Waals surface area contributed by atoms with Crippen molar-refractivity contribution >= 4 is 23.0 Å². The number of anilines is 1. The van der Waals surface area contributed by atoms with Crippen LogP contribution in [-0.4, -0.2) is 69.3 Å². The van der Waals surface area contributed by atoms with Crippen molar-refractivity contribution < 1.29 is 32.9 Å². The Labute approximate surface area is 261 Å². The standard InChI is InChI=1S/C33H40FN5O6/c1-17-20-11-9-13-43-27(20)23(34)14-21(17)26-22-15-24(30-36-37-32(44-30)39-12-8-10-19(39)16-42-7)38(6)29(22)35-18(2)25(26)28(31(40)41)45-33(3,4)5/h14-15,19,28H,8-13,16H2,1-7H3,(H,40,41)/t19-,28-/m0/s1. The molecule has 0 spiro atoms. The lowest BCUT2D eigenvalue weighted by molar-refractivity contribution is -0.160. The summed E-state index contributed by atoms with van der Waals surface area (Å²) in [7, 11) is 3.52. The molecule has 6 rings (SSSR count). The summed E-state index contributed by atoms with van der Waals surface area (Å²) in [5, 5.41) is 19.8. The van der Waals surface area contributed by atoms with Crippen LogP contribution in [0.3, 0.4) is 0 Å². The first-order chi connectivity index (χ1) is 21.4. The molecule has 0 amide bonds. The zero-order chi connectivity index (χ0) is 32.2. The van der Waals surface area contributed by atoms with Gasteiger partial charge in [-0.2, -0.15) is 0 Å². The number of hydrogen-bond acceptors (Lipinski definition) is 9. The highest BCUT2D eigenvalue weighted by Crippen LogP contribution is 2.45. The molecular weight excluding hydrogens is 581 g/mol. The first-order valence-electron chi connectivity index (χ1n) is 15.3. The number of aryl methyl sites for hydroxylation is 2. The Bertz CT molecular complexity index is 1770. The first-order valence-corrected chi connectivity index (χ1v) is 15.3. The van der Waals surface area contributed by atoms with Gasteiger partial charge in [-0.3, -0.25) is 0 Å². The van der Waals surface area contributed by atoms with Crippen LogP contribution in [0.5, 0.6) is 5.75 Å². The Morgan fingerprint density at radius 3 is 2.71 bits per heavy atom. The van der Waals surface area contributed by atoms with Gasteiger partial charge in [0.1, 0.15) is 11.3 Å². The largest absolute Gasteiger partial charge is 0.490 e. The normalized spacial score (nSPS) is 17.5. The average molecular weight is 622 g/mol. The third-order valence-corrected chi connectivity index (χ3v) is 8.68. The number of methoxy groups -OCH3 is 1. The molecule has 1 N–H and O–H groups in total. The van der Waals surface area contributed by atoms with Crippen molar-refractivity contribution in [1.82, 2.24) is 19.7 Å². The molecule has 2 aliphatic rings. The molecule has 0 unspecified atom stereocenters. The Morgan fingerprint density at radius 2 is 2.00 bits per heavy atom. The molecule has 1 aromatic carbocycles. The number of pyridine rings is 1. The maximum absolute atomic E-state index is 15.7. The van der Waals surface area contributed by atoms with Crippen LogP contribution in [0, 0.1) is 19.7 Å². The minimum atomic E-state index is -1.36. The maximum Gasteiger partial charge on any atom is 0.337 e. The summed E-state index contributed by atoms with van der Waals surface area (Å²) in [5.74, 6) is -1.10. The number of aliphatic carboxylic acids is 1. The van der Waals surface area contributed by atoms with E-state index in [1.165, 1.54) is 6.07 Å². The van der Waals surface area contributed by atoms with Gasteiger partial charge in [0.15, 0.2) is 17.7 Å². The average Bonchev–Trinajstić information content (AvgIpc) is 3.72. The van der Waals surface area contributed by atoms with Gasteiger partial charge in [0.05, 0.1) is 24.9 Å². The molecule has 240 valence electrons. The Kier molecular flexibility index (Phi) is 8.07. The fraction of sp³-hybridized carbons (Fsp3) is 0.515. The topological polar surface area (TPSA) is 125 Å². The number of fused-ring (bicyclic) bond motifs is 2. The zero-order valence-electron chi connectivity index (χ0n) is 26.9. The van der Waals surface area contributed by atoms with Gasteiger partial charge < -0.3 is 33.2 Å². The lowest BCUT2D eigenvalue weighted by Gasteiger charge is -2.29. The molecule has 0 bridgehead atoms. The Morgan fingerprint density at radius 1 is 1.22 bits per heavy atom. The Hall–Kier alpha value is -4.03. The molecule has 0 aliphatic carbocycles. The van der Waals surface area contributed by atoms with Gasteiger partial charge in [0.2, 0.25) is 0 Å². The number of halogens is 1. The van der Waals surface area contributed by atoms with Crippen molar-refractivity contribution in [3.8, 4) is 28.5 Å². The summed E-state index contributed by atoms with van der Waals surface area (Å²) in [5.41, 5.74) is 3.91. The molecule has 1 fully saturated rings. The highest BCUT2D eigenvalue weighted by Gasteiger charge is 2.35. The van der Waals surface area contributed by atoms with Crippen LogP contribution in [0.25, 0.3) is 33.7 Å². The summed E-state index contributed by atoms with van der Waals surface area (Å²) in [4.78, 5) is 19.8. The molecule has 45 heavy (non-hydrogen) atoms. The van der Waals surface area contributed by atoms with E-state index in [1.54, 1.807) is 34.8 Å². The zero-order valence-corrected chi connectivity index (χ0v) is 26.9. The number of ether oxygens (including phenoxy) is 3. The van der Waals surface area contributed by atoms with Gasteiger partial charge in [-0.25, -0.2) is 14.2 Å². The number of carboxylic acid groups (broad SMARTS) is 1. The highest BCUT2D eigenvalue weighted by molar-refractivity contribution is 6.01. The molecule has 3 aromatic heterocycles. The predicted molar refractivity (Wildman–Crippen MR) is 166 cm³/mol. The van der Waals surface area contributed by atoms with Crippen LogP contribution in [0.2, 0.25) is 0 Å². The van der Waals surface area contributed by atoms with Gasteiger partial charge >= 0.3 is 12.0 Å². The monoisotopic (exact) mass is 621 g/mol. The fourth-order valence-electron chi connectivity index (χ4n) is 6.67. The minimum Gasteiger partial charge on any atom is -0.490 e. The molecule has 5 heterocycles. The summed E-state index contributed by atoms with van der Waals surface area (Å²) < 4.78 is 41.0. The molecular formula is C33H40FN5O6. The number of hydrogen-bond donors (Lipinski definition) is 1. The van der Waals surface area contributed by atoms with E-state index in [-0.39, 0.29) is 11.8 Å². The van der Waals surface area contributed by atoms with Gasteiger partial charge in [-0.15, -0.1) is 5.10 Å². The van der Waals surface area contributed by atoms with E-state index in [9.17, 15) is 9.90 Å². The predicted octanol–water partition coefficient (Wildman–Crippen LogP) is 5.93. The second-order valence-electron chi connectivity index (χ2n) is 12.9. The highest BCUT2D eigenvalue weighted by atomic mass is 19.1. The smallest absolute Gasteiger partial charge is 0.337 e. The lowest BCUT2D eigenvalue weighted by atomic mass is 9.86. The number of carboxylic acids is 1. The third kappa shape index (κ3) is 5.54. The summed E-state index contributed by atoms with van der Waals surface area (Å²) in [6.45, 7) is 10.9. The van der Waals surface area contributed by atoms with Crippen LogP contribution in [0.1, 0.15) is 68.5 Å². The first kappa shape index (κ1) is 31.0. The van der Waals surface area contributed by atoms with Crippen LogP contribution in [0.15, 0.2) is 16.5 Å². The number of carbonyl (C=O) groups is 1. The van der Waals surface area contributed by atoms with Crippen molar-refractivity contribution in [2.45, 2.75) is 78.0 Å². The van der Waals surface area contributed by atoms with Gasteiger partial charge in [-0.05, 0) is 83.6 Å². The van der Waals surface area contributed by atoms with Crippen LogP contribution >= 0.6 is 0 Å². The van der Waals surface area contributed by atoms with Crippen molar-refractivity contribution in [2.75, 3.05) is 31.8 Å². The number of nitrogens with zero attached hydrogens (tertiary/aromatic N) is 5. The molecule has 4 aromatic rings. The molecule has 11 nitrogen and oxygen atoms in total. The fourth-order valence-corrected chi connectivity index (χ4v) is 6.67. The van der Waals surface area contributed by atoms with E-state index in [0.717, 1.165) is 36.9 Å². The summed E-state index contributed by atoms with van der Waals surface area (Å²) in [6.07, 6.45) is 2.02. The van der Waals surface area contributed by atoms with E-state index in [0.29, 0.717) is 70.7 Å². The van der Waals surface area contributed by atoms with Crippen molar-refractivity contribution in [3.05, 3.63) is 40.3 Å². The summed E-state index contributed by atoms with van der Waals surface area (Å²) in [6, 6.07) is 3.86. The molecule has 2 aliphatic heterocycles. The Balaban J connectivity index is 1.59. The summed E-state index contributed by atoms with van der Waals surface area (Å²) >= 11 is 0. The lowest BCUT2D eigenvalue weighted by Crippen LogP contribution is -2.32. The number of benzene rings is 1. The van der Waals surface area contributed by atoms with Crippen LogP contribution in [-0.2, 0) is 27.7 Å². The quantitative estimate of drug-likeness (QED) is 0.253. The van der Waals surface area contributed by atoms with E-state index in [1.807, 2.05) is 24.6 Å². The second-order valence-corrected chi connectivity index (χ2v) is 12.9. The third-order valence-electron chi connectivity index (χ3n) is 8.68. The number of rotatable bonds is 8. The van der Waals surface area contributed by atoms with Gasteiger partial charge in [0, 0.05) is 48.5 Å². The van der Waals surface area contributed by atoms with Crippen LogP contribution in [0.4, 0.5) is 10.4 Å². The van der Waals surface area contributed by atoms with Crippen LogP contribution < -0.4 is 9.64 Å². The molecule has 0 radical (unpaired) electrons. The van der Waals surface area contributed by atoms with Gasteiger partial charge in [0.25, 0.3) is 5.89 Å². The SMILES string of the molecule is COC[C@@H]1CCCN1c1nnc(-c2cc3c(-c4cc(F)c5c(c4C)CCCO5)c([C@H](OC(C)(C)C)C(=O)O)c(C)nc3n2C)o1. The van der Waals surface area contributed by atoms with E-state index in [4.69, 9.17) is 23.6 Å². The number of aromatic nitrogens is 4. The van der Waals surface area contributed by atoms with E-state index in [2.05, 4.69) is 15.1 Å². The van der Waals surface area contributed by atoms with E-state index >= 15 is 4.39 Å².